The molecule has 2 N–H and O–H groups in total. The number of sulfone groups is 1. The van der Waals surface area contributed by atoms with E-state index in [4.69, 9.17) is 15.5 Å². The van der Waals surface area contributed by atoms with E-state index in [0.29, 0.717) is 29.0 Å². The van der Waals surface area contributed by atoms with E-state index in [0.717, 1.165) is 4.88 Å². The van der Waals surface area contributed by atoms with Crippen LogP contribution >= 0.6 is 11.3 Å². The topological polar surface area (TPSA) is 100 Å². The molecular formula is C22H18N4O3S2. The Balaban J connectivity index is 1.80. The van der Waals surface area contributed by atoms with Crippen molar-refractivity contribution in [1.29, 1.82) is 0 Å². The molecule has 0 saturated heterocycles. The Bertz CT molecular complexity index is 1510. The number of benzene rings is 2. The third kappa shape index (κ3) is 3.22. The number of methoxy groups -OCH3 is 1. The maximum absolute atomic E-state index is 13.6. The predicted octanol–water partition coefficient (Wildman–Crippen LogP) is 4.12. The van der Waals surface area contributed by atoms with Crippen molar-refractivity contribution in [1.82, 2.24) is 14.5 Å². The number of nitrogens with two attached hydrogens (primary N) is 1. The highest BCUT2D eigenvalue weighted by Crippen LogP contribution is 2.36. The fourth-order valence-electron chi connectivity index (χ4n) is 3.55. The zero-order valence-electron chi connectivity index (χ0n) is 16.5. The maximum Gasteiger partial charge on any atom is 0.212 e. The molecular weight excluding hydrogens is 432 g/mol. The third-order valence-corrected chi connectivity index (χ3v) is 7.77. The predicted molar refractivity (Wildman–Crippen MR) is 121 cm³/mol. The van der Waals surface area contributed by atoms with Gasteiger partial charge in [0.05, 0.1) is 29.6 Å². The monoisotopic (exact) mass is 450 g/mol. The van der Waals surface area contributed by atoms with E-state index in [-0.39, 0.29) is 21.1 Å². The summed E-state index contributed by atoms with van der Waals surface area (Å²) in [6.07, 6.45) is 0. The van der Waals surface area contributed by atoms with Gasteiger partial charge in [-0.2, -0.15) is 0 Å². The van der Waals surface area contributed by atoms with E-state index < -0.39 is 9.84 Å². The number of hydrogen-bond acceptors (Lipinski definition) is 7. The summed E-state index contributed by atoms with van der Waals surface area (Å²) in [5, 5.41) is 1.97. The summed E-state index contributed by atoms with van der Waals surface area (Å²) in [4.78, 5) is 10.5. The lowest BCUT2D eigenvalue weighted by atomic mass is 10.3. The Morgan fingerprint density at radius 2 is 1.71 bits per heavy atom. The summed E-state index contributed by atoms with van der Waals surface area (Å²) < 4.78 is 34.1. The van der Waals surface area contributed by atoms with Crippen LogP contribution in [0.2, 0.25) is 0 Å². The van der Waals surface area contributed by atoms with Crippen LogP contribution in [0.4, 0.5) is 5.82 Å². The third-order valence-electron chi connectivity index (χ3n) is 5.08. The Labute approximate surface area is 182 Å². The van der Waals surface area contributed by atoms with E-state index in [1.807, 2.05) is 35.7 Å². The first kappa shape index (κ1) is 19.5. The molecule has 0 bridgehead atoms. The number of para-hydroxylation sites is 2. The first-order chi connectivity index (χ1) is 15.0. The van der Waals surface area contributed by atoms with Crippen molar-refractivity contribution in [3.05, 3.63) is 70.9 Å². The van der Waals surface area contributed by atoms with Crippen LogP contribution in [-0.2, 0) is 16.4 Å². The number of aromatic nitrogens is 3. The molecule has 0 aliphatic carbocycles. The Hall–Kier alpha value is -3.43. The normalized spacial score (nSPS) is 11.9. The van der Waals surface area contributed by atoms with Gasteiger partial charge in [0.25, 0.3) is 0 Å². The lowest BCUT2D eigenvalue weighted by Crippen LogP contribution is -2.08. The van der Waals surface area contributed by atoms with Gasteiger partial charge < -0.3 is 15.0 Å². The summed E-state index contributed by atoms with van der Waals surface area (Å²) in [7, 11) is -2.42. The molecule has 0 radical (unpaired) electrons. The van der Waals surface area contributed by atoms with Crippen LogP contribution in [0, 0.1) is 0 Å². The molecule has 5 aromatic rings. The van der Waals surface area contributed by atoms with E-state index >= 15 is 0 Å². The summed E-state index contributed by atoms with van der Waals surface area (Å²) in [5.74, 6) is 0.687. The van der Waals surface area contributed by atoms with Crippen molar-refractivity contribution in [2.24, 2.45) is 0 Å². The molecule has 31 heavy (non-hydrogen) atoms. The van der Waals surface area contributed by atoms with Gasteiger partial charge in [-0.05, 0) is 47.8 Å². The lowest BCUT2D eigenvalue weighted by Gasteiger charge is -2.07. The van der Waals surface area contributed by atoms with Crippen molar-refractivity contribution in [3.63, 3.8) is 0 Å². The smallest absolute Gasteiger partial charge is 0.212 e. The van der Waals surface area contributed by atoms with Crippen LogP contribution in [0.1, 0.15) is 4.88 Å². The first-order valence-corrected chi connectivity index (χ1v) is 11.8. The summed E-state index contributed by atoms with van der Waals surface area (Å²) in [6.45, 7) is 0.408. The van der Waals surface area contributed by atoms with Crippen molar-refractivity contribution in [2.75, 3.05) is 12.8 Å². The second-order valence-electron chi connectivity index (χ2n) is 6.94. The van der Waals surface area contributed by atoms with E-state index in [9.17, 15) is 8.42 Å². The molecule has 0 fully saturated rings. The Morgan fingerprint density at radius 1 is 1.00 bits per heavy atom. The van der Waals surface area contributed by atoms with Gasteiger partial charge in [0.2, 0.25) is 9.84 Å². The van der Waals surface area contributed by atoms with Crippen molar-refractivity contribution in [3.8, 4) is 5.75 Å². The highest BCUT2D eigenvalue weighted by Gasteiger charge is 2.30. The van der Waals surface area contributed by atoms with E-state index in [1.54, 1.807) is 34.1 Å². The molecule has 0 aliphatic heterocycles. The molecule has 156 valence electrons. The maximum atomic E-state index is 13.6. The lowest BCUT2D eigenvalue weighted by molar-refractivity contribution is 0.414. The van der Waals surface area contributed by atoms with Gasteiger partial charge in [-0.1, -0.05) is 18.2 Å². The molecule has 2 aromatic carbocycles. The molecule has 0 amide bonds. The summed E-state index contributed by atoms with van der Waals surface area (Å²) in [6, 6.07) is 17.5. The average Bonchev–Trinajstić information content (AvgIpc) is 3.39. The summed E-state index contributed by atoms with van der Waals surface area (Å²) in [5.41, 5.74) is 8.45. The number of nitrogens with zero attached hydrogens (tertiary/aromatic N) is 3. The molecule has 0 atom stereocenters. The minimum absolute atomic E-state index is 0.0255. The highest BCUT2D eigenvalue weighted by atomic mass is 32.2. The van der Waals surface area contributed by atoms with Crippen molar-refractivity contribution >= 4 is 49.2 Å². The zero-order valence-corrected chi connectivity index (χ0v) is 18.2. The fourth-order valence-corrected chi connectivity index (χ4v) is 5.75. The highest BCUT2D eigenvalue weighted by molar-refractivity contribution is 7.92. The van der Waals surface area contributed by atoms with Crippen LogP contribution in [-0.4, -0.2) is 30.1 Å². The van der Waals surface area contributed by atoms with Gasteiger partial charge in [-0.15, -0.1) is 11.3 Å². The molecule has 5 rings (SSSR count). The van der Waals surface area contributed by atoms with Crippen LogP contribution in [0.5, 0.6) is 5.75 Å². The standard InChI is InChI=1S/C22H18N4O3S2/c1-29-14-8-10-16(11-9-14)31(27,28)20-19-22(25-18-7-3-2-6-17(18)24-19)26(21(20)23)13-15-5-4-12-30-15/h2-12H,13,23H2,1H3. The number of hydrogen-bond donors (Lipinski definition) is 1. The van der Waals surface area contributed by atoms with Gasteiger partial charge in [0.15, 0.2) is 5.65 Å². The largest absolute Gasteiger partial charge is 0.497 e. The second kappa shape index (κ2) is 7.36. The quantitative estimate of drug-likeness (QED) is 0.432. The van der Waals surface area contributed by atoms with Crippen LogP contribution < -0.4 is 10.5 Å². The number of rotatable bonds is 5. The molecule has 0 spiro atoms. The first-order valence-electron chi connectivity index (χ1n) is 9.45. The minimum atomic E-state index is -3.95. The van der Waals surface area contributed by atoms with Gasteiger partial charge in [0, 0.05) is 4.88 Å². The zero-order chi connectivity index (χ0) is 21.6. The SMILES string of the molecule is COc1ccc(S(=O)(=O)c2c(N)n(Cc3cccs3)c3nc4ccccc4nc23)cc1. The molecule has 9 heteroatoms. The van der Waals surface area contributed by atoms with Crippen LogP contribution in [0.15, 0.2) is 75.8 Å². The number of anilines is 1. The number of thiophene rings is 1. The van der Waals surface area contributed by atoms with Crippen molar-refractivity contribution in [2.45, 2.75) is 16.3 Å². The van der Waals surface area contributed by atoms with E-state index in [2.05, 4.69) is 4.98 Å². The molecule has 3 aromatic heterocycles. The number of fused-ring (bicyclic) bond motifs is 2. The minimum Gasteiger partial charge on any atom is -0.497 e. The molecule has 0 unspecified atom stereocenters. The Kier molecular flexibility index (Phi) is 4.64. The average molecular weight is 451 g/mol. The van der Waals surface area contributed by atoms with Crippen molar-refractivity contribution < 1.29 is 13.2 Å². The molecule has 7 nitrogen and oxygen atoms in total. The molecule has 3 heterocycles. The number of ether oxygens (including phenoxy) is 1. The summed E-state index contributed by atoms with van der Waals surface area (Å²) >= 11 is 1.57. The molecule has 0 saturated carbocycles. The fraction of sp³-hybridized carbons (Fsp3) is 0.0909. The van der Waals surface area contributed by atoms with Crippen LogP contribution in [0.25, 0.3) is 22.2 Å². The van der Waals surface area contributed by atoms with Gasteiger partial charge in [-0.25, -0.2) is 18.4 Å². The van der Waals surface area contributed by atoms with E-state index in [1.165, 1.54) is 19.2 Å². The van der Waals surface area contributed by atoms with Gasteiger partial charge in [0.1, 0.15) is 22.0 Å². The second-order valence-corrected chi connectivity index (χ2v) is 9.86. The van der Waals surface area contributed by atoms with Gasteiger partial charge in [-0.3, -0.25) is 0 Å². The van der Waals surface area contributed by atoms with Crippen LogP contribution in [0.3, 0.4) is 0 Å². The number of nitrogen functional groups attached to an aromatic ring is 1. The van der Waals surface area contributed by atoms with Gasteiger partial charge >= 0.3 is 0 Å². The Morgan fingerprint density at radius 3 is 2.35 bits per heavy atom. The molecule has 0 aliphatic rings.